The molecule has 0 fully saturated rings. The normalized spacial score (nSPS) is 13.0. The molecule has 1 aliphatic rings. The first-order valence-electron chi connectivity index (χ1n) is 6.96. The molecule has 0 spiro atoms. The second-order valence-electron chi connectivity index (χ2n) is 5.27. The Morgan fingerprint density at radius 2 is 1.95 bits per heavy atom. The summed E-state index contributed by atoms with van der Waals surface area (Å²) in [6, 6.07) is 10.0. The van der Waals surface area contributed by atoms with Gasteiger partial charge >= 0.3 is 5.97 Å². The summed E-state index contributed by atoms with van der Waals surface area (Å²) < 4.78 is 18.3. The molecule has 2 aromatic carbocycles. The van der Waals surface area contributed by atoms with Gasteiger partial charge in [-0.15, -0.1) is 0 Å². The zero-order valence-electron chi connectivity index (χ0n) is 11.6. The highest BCUT2D eigenvalue weighted by Crippen LogP contribution is 2.23. The number of carbonyl (C=O) groups excluding carboxylic acids is 1. The van der Waals surface area contributed by atoms with Gasteiger partial charge in [0, 0.05) is 0 Å². The Morgan fingerprint density at radius 1 is 1.14 bits per heavy atom. The fourth-order valence-electron chi connectivity index (χ4n) is 2.62. The highest BCUT2D eigenvalue weighted by atomic mass is 19.1. The Hall–Kier alpha value is -2.36. The standard InChI is InChI=1S/C17H16FNO2/c18-15-7-6-14(9-16(15)19)17(20)21-10-11-4-5-12-2-1-3-13(12)8-11/h4-9H,1-3,10,19H2. The van der Waals surface area contributed by atoms with E-state index in [1.54, 1.807) is 0 Å². The quantitative estimate of drug-likeness (QED) is 0.695. The number of nitrogen functional groups attached to an aromatic ring is 1. The van der Waals surface area contributed by atoms with Gasteiger partial charge in [-0.05, 0) is 54.2 Å². The van der Waals surface area contributed by atoms with Crippen LogP contribution in [0.2, 0.25) is 0 Å². The minimum absolute atomic E-state index is 0.0537. The zero-order chi connectivity index (χ0) is 14.8. The molecule has 0 saturated heterocycles. The van der Waals surface area contributed by atoms with Crippen LogP contribution in [-0.2, 0) is 24.2 Å². The fraction of sp³-hybridized carbons (Fsp3) is 0.235. The highest BCUT2D eigenvalue weighted by molar-refractivity contribution is 5.90. The number of aryl methyl sites for hydroxylation is 2. The molecule has 3 rings (SSSR count). The van der Waals surface area contributed by atoms with E-state index in [1.807, 2.05) is 6.07 Å². The number of nitrogens with two attached hydrogens (primary N) is 1. The van der Waals surface area contributed by atoms with Gasteiger partial charge in [0.2, 0.25) is 0 Å². The lowest BCUT2D eigenvalue weighted by Gasteiger charge is -2.07. The van der Waals surface area contributed by atoms with E-state index in [9.17, 15) is 9.18 Å². The summed E-state index contributed by atoms with van der Waals surface area (Å²) in [5.74, 6) is -1.03. The van der Waals surface area contributed by atoms with Crippen LogP contribution in [0.1, 0.15) is 33.5 Å². The molecule has 2 aromatic rings. The zero-order valence-corrected chi connectivity index (χ0v) is 11.6. The first kappa shape index (κ1) is 13.6. The Morgan fingerprint density at radius 3 is 2.76 bits per heavy atom. The maximum Gasteiger partial charge on any atom is 0.338 e. The molecule has 0 atom stereocenters. The number of carbonyl (C=O) groups is 1. The van der Waals surface area contributed by atoms with Crippen molar-refractivity contribution in [2.75, 3.05) is 5.73 Å². The molecule has 108 valence electrons. The van der Waals surface area contributed by atoms with Crippen molar-refractivity contribution < 1.29 is 13.9 Å². The number of esters is 1. The van der Waals surface area contributed by atoms with E-state index in [2.05, 4.69) is 12.1 Å². The average Bonchev–Trinajstić information content (AvgIpc) is 2.95. The van der Waals surface area contributed by atoms with Gasteiger partial charge in [-0.2, -0.15) is 0 Å². The lowest BCUT2D eigenvalue weighted by molar-refractivity contribution is 0.0472. The van der Waals surface area contributed by atoms with Crippen molar-refractivity contribution >= 4 is 11.7 Å². The van der Waals surface area contributed by atoms with E-state index in [0.717, 1.165) is 18.4 Å². The van der Waals surface area contributed by atoms with Gasteiger partial charge in [0.1, 0.15) is 12.4 Å². The summed E-state index contributed by atoms with van der Waals surface area (Å²) in [4.78, 5) is 11.9. The third-order valence-corrected chi connectivity index (χ3v) is 3.76. The van der Waals surface area contributed by atoms with E-state index in [4.69, 9.17) is 10.5 Å². The predicted molar refractivity (Wildman–Crippen MR) is 78.4 cm³/mol. The Bertz CT molecular complexity index is 697. The van der Waals surface area contributed by atoms with E-state index < -0.39 is 11.8 Å². The number of hydrogen-bond acceptors (Lipinski definition) is 3. The van der Waals surface area contributed by atoms with Gasteiger partial charge in [0.15, 0.2) is 0 Å². The third-order valence-electron chi connectivity index (χ3n) is 3.76. The van der Waals surface area contributed by atoms with Crippen LogP contribution in [0.25, 0.3) is 0 Å². The van der Waals surface area contributed by atoms with Gasteiger partial charge in [-0.1, -0.05) is 18.2 Å². The number of rotatable bonds is 3. The van der Waals surface area contributed by atoms with Gasteiger partial charge in [-0.25, -0.2) is 9.18 Å². The van der Waals surface area contributed by atoms with Crippen LogP contribution in [0.3, 0.4) is 0 Å². The molecule has 0 bridgehead atoms. The predicted octanol–water partition coefficient (Wildman–Crippen LogP) is 3.25. The molecule has 0 aliphatic heterocycles. The van der Waals surface area contributed by atoms with Gasteiger partial charge in [-0.3, -0.25) is 0 Å². The third kappa shape index (κ3) is 2.89. The van der Waals surface area contributed by atoms with Crippen LogP contribution in [0.4, 0.5) is 10.1 Å². The van der Waals surface area contributed by atoms with Crippen molar-refractivity contribution in [1.82, 2.24) is 0 Å². The summed E-state index contributed by atoms with van der Waals surface area (Å²) in [5.41, 5.74) is 9.35. The Balaban J connectivity index is 1.67. The van der Waals surface area contributed by atoms with Crippen LogP contribution in [-0.4, -0.2) is 5.97 Å². The first-order valence-corrected chi connectivity index (χ1v) is 6.96. The number of ether oxygens (including phenoxy) is 1. The van der Waals surface area contributed by atoms with Crippen molar-refractivity contribution in [2.24, 2.45) is 0 Å². The smallest absolute Gasteiger partial charge is 0.338 e. The van der Waals surface area contributed by atoms with E-state index in [0.29, 0.717) is 0 Å². The fourth-order valence-corrected chi connectivity index (χ4v) is 2.62. The van der Waals surface area contributed by atoms with Crippen LogP contribution in [0.15, 0.2) is 36.4 Å². The molecule has 0 amide bonds. The lowest BCUT2D eigenvalue weighted by atomic mass is 10.1. The molecule has 0 aromatic heterocycles. The van der Waals surface area contributed by atoms with Crippen molar-refractivity contribution in [3.05, 3.63) is 64.5 Å². The van der Waals surface area contributed by atoms with Crippen molar-refractivity contribution in [1.29, 1.82) is 0 Å². The molecule has 0 unspecified atom stereocenters. The number of benzene rings is 2. The largest absolute Gasteiger partial charge is 0.457 e. The second kappa shape index (κ2) is 5.56. The molecule has 0 radical (unpaired) electrons. The first-order chi connectivity index (χ1) is 10.1. The molecular weight excluding hydrogens is 269 g/mol. The summed E-state index contributed by atoms with van der Waals surface area (Å²) in [7, 11) is 0. The Labute approximate surface area is 122 Å². The molecule has 1 aliphatic carbocycles. The maximum absolute atomic E-state index is 13.1. The number of halogens is 1. The molecule has 0 heterocycles. The average molecular weight is 285 g/mol. The van der Waals surface area contributed by atoms with Crippen LogP contribution < -0.4 is 5.73 Å². The number of fused-ring (bicyclic) bond motifs is 1. The molecule has 0 saturated carbocycles. The van der Waals surface area contributed by atoms with Gasteiger partial charge < -0.3 is 10.5 Å². The minimum atomic E-state index is -0.537. The topological polar surface area (TPSA) is 52.3 Å². The molecule has 2 N–H and O–H groups in total. The van der Waals surface area contributed by atoms with Crippen LogP contribution in [0.5, 0.6) is 0 Å². The summed E-state index contributed by atoms with van der Waals surface area (Å²) in [5, 5.41) is 0. The Kier molecular flexibility index (Phi) is 3.60. The molecule has 3 nitrogen and oxygen atoms in total. The molecule has 21 heavy (non-hydrogen) atoms. The van der Waals surface area contributed by atoms with E-state index >= 15 is 0 Å². The monoisotopic (exact) mass is 285 g/mol. The SMILES string of the molecule is Nc1cc(C(=O)OCc2ccc3c(c2)CCC3)ccc1F. The van der Waals surface area contributed by atoms with Crippen molar-refractivity contribution in [2.45, 2.75) is 25.9 Å². The second-order valence-corrected chi connectivity index (χ2v) is 5.27. The van der Waals surface area contributed by atoms with Crippen molar-refractivity contribution in [3.8, 4) is 0 Å². The van der Waals surface area contributed by atoms with Gasteiger partial charge in [0.25, 0.3) is 0 Å². The summed E-state index contributed by atoms with van der Waals surface area (Å²) in [6.07, 6.45) is 3.41. The minimum Gasteiger partial charge on any atom is -0.457 e. The van der Waals surface area contributed by atoms with E-state index in [-0.39, 0.29) is 17.9 Å². The highest BCUT2D eigenvalue weighted by Gasteiger charge is 2.13. The van der Waals surface area contributed by atoms with Crippen LogP contribution >= 0.6 is 0 Å². The maximum atomic E-state index is 13.1. The summed E-state index contributed by atoms with van der Waals surface area (Å²) in [6.45, 7) is 0.212. The number of anilines is 1. The lowest BCUT2D eigenvalue weighted by Crippen LogP contribution is -2.06. The van der Waals surface area contributed by atoms with E-state index in [1.165, 1.54) is 35.7 Å². The van der Waals surface area contributed by atoms with Gasteiger partial charge in [0.05, 0.1) is 11.3 Å². The number of hydrogen-bond donors (Lipinski definition) is 1. The molecule has 4 heteroatoms. The molecular formula is C17H16FNO2. The van der Waals surface area contributed by atoms with Crippen molar-refractivity contribution in [3.63, 3.8) is 0 Å². The summed E-state index contributed by atoms with van der Waals surface area (Å²) >= 11 is 0. The van der Waals surface area contributed by atoms with Crippen LogP contribution in [0, 0.1) is 5.82 Å².